The zero-order chi connectivity index (χ0) is 14.8. The van der Waals surface area contributed by atoms with Crippen LogP contribution in [-0.4, -0.2) is 21.0 Å². The first-order valence-corrected chi connectivity index (χ1v) is 7.86. The molecule has 1 aromatic carbocycles. The van der Waals surface area contributed by atoms with Gasteiger partial charge >= 0.3 is 0 Å². The van der Waals surface area contributed by atoms with E-state index in [-0.39, 0.29) is 10.9 Å². The smallest absolute Gasteiger partial charge is 0.238 e. The normalized spacial score (nSPS) is 12.2. The quantitative estimate of drug-likeness (QED) is 0.807. The molecule has 0 radical (unpaired) electrons. The molecule has 5 nitrogen and oxygen atoms in total. The van der Waals surface area contributed by atoms with Crippen LogP contribution in [0.4, 0.5) is 11.4 Å². The molecule has 0 aliphatic carbocycles. The second kappa shape index (κ2) is 5.79. The lowest BCUT2D eigenvalue weighted by atomic mass is 10.1. The molecule has 0 heterocycles. The second-order valence-corrected chi connectivity index (χ2v) is 6.97. The summed E-state index contributed by atoms with van der Waals surface area (Å²) in [6.07, 6.45) is 0. The van der Waals surface area contributed by atoms with Crippen molar-refractivity contribution >= 4 is 21.4 Å². The number of primary sulfonamides is 1. The van der Waals surface area contributed by atoms with Crippen molar-refractivity contribution < 1.29 is 8.42 Å². The van der Waals surface area contributed by atoms with Gasteiger partial charge in [0.05, 0.1) is 16.3 Å². The highest BCUT2D eigenvalue weighted by atomic mass is 32.2. The first-order chi connectivity index (χ1) is 8.62. The van der Waals surface area contributed by atoms with Crippen molar-refractivity contribution in [2.24, 2.45) is 11.1 Å². The van der Waals surface area contributed by atoms with Crippen molar-refractivity contribution in [2.45, 2.75) is 38.6 Å². The Balaban J connectivity index is 3.19. The molecule has 0 aromatic heterocycles. The number of hydrogen-bond acceptors (Lipinski definition) is 4. The molecule has 0 aliphatic rings. The van der Waals surface area contributed by atoms with Gasteiger partial charge in [0.1, 0.15) is 0 Å². The van der Waals surface area contributed by atoms with E-state index in [1.54, 1.807) is 6.07 Å². The Bertz CT molecular complexity index is 539. The zero-order valence-electron chi connectivity index (χ0n) is 11.9. The molecule has 0 spiro atoms. The molecule has 1 rings (SSSR count). The monoisotopic (exact) mass is 285 g/mol. The molecule has 0 amide bonds. The number of benzene rings is 1. The van der Waals surface area contributed by atoms with Gasteiger partial charge in [-0.15, -0.1) is 0 Å². The lowest BCUT2D eigenvalue weighted by Gasteiger charge is -2.31. The molecule has 0 atom stereocenters. The van der Waals surface area contributed by atoms with Gasteiger partial charge in [-0.3, -0.25) is 0 Å². The molecule has 0 saturated heterocycles. The summed E-state index contributed by atoms with van der Waals surface area (Å²) in [4.78, 5) is 2.20. The van der Waals surface area contributed by atoms with Crippen LogP contribution in [0.5, 0.6) is 0 Å². The van der Waals surface area contributed by atoms with E-state index >= 15 is 0 Å². The Morgan fingerprint density at radius 3 is 2.16 bits per heavy atom. The lowest BCUT2D eigenvalue weighted by molar-refractivity contribution is 0.571. The highest BCUT2D eigenvalue weighted by molar-refractivity contribution is 7.89. The first-order valence-electron chi connectivity index (χ1n) is 6.32. The molecule has 0 unspecified atom stereocenters. The van der Waals surface area contributed by atoms with Gasteiger partial charge in [-0.25, -0.2) is 13.6 Å². The Labute approximate surface area is 115 Å². The minimum absolute atomic E-state index is 0.0435. The number of nitrogen functional groups attached to an aromatic ring is 1. The van der Waals surface area contributed by atoms with Crippen LogP contribution in [-0.2, 0) is 10.0 Å². The third-order valence-electron chi connectivity index (χ3n) is 2.82. The van der Waals surface area contributed by atoms with E-state index in [0.29, 0.717) is 11.6 Å². The largest absolute Gasteiger partial charge is 0.397 e. The fourth-order valence-electron chi connectivity index (χ4n) is 1.95. The average molecular weight is 285 g/mol. The number of hydrogen-bond donors (Lipinski definition) is 2. The molecule has 0 fully saturated rings. The van der Waals surface area contributed by atoms with Crippen LogP contribution in [0.2, 0.25) is 0 Å². The summed E-state index contributed by atoms with van der Waals surface area (Å²) in [6, 6.07) is 4.92. The van der Waals surface area contributed by atoms with Crippen LogP contribution in [0.1, 0.15) is 27.7 Å². The number of nitrogens with two attached hydrogens (primary N) is 2. The topological polar surface area (TPSA) is 89.4 Å². The van der Waals surface area contributed by atoms with Gasteiger partial charge in [0.2, 0.25) is 10.0 Å². The predicted octanol–water partition coefficient (Wildman–Crippen LogP) is 1.79. The Morgan fingerprint density at radius 1 is 1.21 bits per heavy atom. The molecule has 6 heteroatoms. The molecule has 1 aromatic rings. The van der Waals surface area contributed by atoms with Gasteiger partial charge in [0.25, 0.3) is 0 Å². The minimum atomic E-state index is -3.71. The van der Waals surface area contributed by atoms with E-state index in [9.17, 15) is 8.42 Å². The summed E-state index contributed by atoms with van der Waals surface area (Å²) in [5, 5.41) is 5.10. The maximum Gasteiger partial charge on any atom is 0.238 e. The Kier molecular flexibility index (Phi) is 4.81. The Morgan fingerprint density at radius 2 is 1.79 bits per heavy atom. The van der Waals surface area contributed by atoms with Crippen molar-refractivity contribution in [1.82, 2.24) is 0 Å². The van der Waals surface area contributed by atoms with E-state index < -0.39 is 10.0 Å². The fourth-order valence-corrected chi connectivity index (χ4v) is 2.50. The molecular weight excluding hydrogens is 262 g/mol. The summed E-state index contributed by atoms with van der Waals surface area (Å²) >= 11 is 0. The van der Waals surface area contributed by atoms with Crippen LogP contribution in [0.15, 0.2) is 23.1 Å². The van der Waals surface area contributed by atoms with Crippen molar-refractivity contribution in [3.63, 3.8) is 0 Å². The lowest BCUT2D eigenvalue weighted by Crippen LogP contribution is -2.34. The predicted molar refractivity (Wildman–Crippen MR) is 79.5 cm³/mol. The molecular formula is C13H23N3O2S. The summed E-state index contributed by atoms with van der Waals surface area (Å²) in [5.41, 5.74) is 7.25. The molecule has 0 bridgehead atoms. The average Bonchev–Trinajstić information content (AvgIpc) is 2.24. The maximum atomic E-state index is 11.3. The number of nitrogens with zero attached hydrogens (tertiary/aromatic N) is 1. The summed E-state index contributed by atoms with van der Waals surface area (Å²) < 4.78 is 22.6. The van der Waals surface area contributed by atoms with Gasteiger partial charge < -0.3 is 10.6 Å². The van der Waals surface area contributed by atoms with Gasteiger partial charge in [0.15, 0.2) is 0 Å². The van der Waals surface area contributed by atoms with Crippen molar-refractivity contribution in [1.29, 1.82) is 0 Å². The van der Waals surface area contributed by atoms with Crippen LogP contribution >= 0.6 is 0 Å². The number of anilines is 2. The molecule has 108 valence electrons. The van der Waals surface area contributed by atoms with E-state index in [0.717, 1.165) is 12.2 Å². The van der Waals surface area contributed by atoms with Crippen molar-refractivity contribution in [2.75, 3.05) is 17.2 Å². The van der Waals surface area contributed by atoms with Crippen LogP contribution in [0.25, 0.3) is 0 Å². The standard InChI is InChI=1S/C13H23N3O2S/c1-9(2)8-16(10(3)4)13-6-5-11(7-12(13)14)19(15,17)18/h5-7,9-10H,8,14H2,1-4H3,(H2,15,17,18). The van der Waals surface area contributed by atoms with E-state index in [1.165, 1.54) is 12.1 Å². The number of rotatable bonds is 5. The van der Waals surface area contributed by atoms with Gasteiger partial charge in [0, 0.05) is 12.6 Å². The van der Waals surface area contributed by atoms with Crippen LogP contribution in [0, 0.1) is 5.92 Å². The minimum Gasteiger partial charge on any atom is -0.397 e. The van der Waals surface area contributed by atoms with E-state index in [1.807, 2.05) is 0 Å². The SMILES string of the molecule is CC(C)CN(c1ccc(S(N)(=O)=O)cc1N)C(C)C. The molecule has 0 aliphatic heterocycles. The molecule has 0 saturated carbocycles. The molecule has 19 heavy (non-hydrogen) atoms. The zero-order valence-corrected chi connectivity index (χ0v) is 12.7. The van der Waals surface area contributed by atoms with Crippen LogP contribution < -0.4 is 15.8 Å². The second-order valence-electron chi connectivity index (χ2n) is 5.41. The van der Waals surface area contributed by atoms with Gasteiger partial charge in [-0.2, -0.15) is 0 Å². The van der Waals surface area contributed by atoms with E-state index in [2.05, 4.69) is 32.6 Å². The molecule has 4 N–H and O–H groups in total. The summed E-state index contributed by atoms with van der Waals surface area (Å²) in [7, 11) is -3.71. The third kappa shape index (κ3) is 4.11. The highest BCUT2D eigenvalue weighted by Crippen LogP contribution is 2.28. The van der Waals surface area contributed by atoms with Crippen molar-refractivity contribution in [3.05, 3.63) is 18.2 Å². The first kappa shape index (κ1) is 15.8. The van der Waals surface area contributed by atoms with Gasteiger partial charge in [-0.1, -0.05) is 13.8 Å². The van der Waals surface area contributed by atoms with Crippen LogP contribution in [0.3, 0.4) is 0 Å². The third-order valence-corrected chi connectivity index (χ3v) is 3.73. The van der Waals surface area contributed by atoms with Gasteiger partial charge in [-0.05, 0) is 38.0 Å². The highest BCUT2D eigenvalue weighted by Gasteiger charge is 2.17. The fraction of sp³-hybridized carbons (Fsp3) is 0.538. The van der Waals surface area contributed by atoms with E-state index in [4.69, 9.17) is 10.9 Å². The van der Waals surface area contributed by atoms with Crippen molar-refractivity contribution in [3.8, 4) is 0 Å². The number of sulfonamides is 1. The summed E-state index contributed by atoms with van der Waals surface area (Å²) in [5.74, 6) is 0.486. The maximum absolute atomic E-state index is 11.3. The Hall–Kier alpha value is -1.27. The summed E-state index contributed by atoms with van der Waals surface area (Å²) in [6.45, 7) is 9.27.